The fourth-order valence-corrected chi connectivity index (χ4v) is 0.636. The van der Waals surface area contributed by atoms with Gasteiger partial charge in [-0.2, -0.15) is 0 Å². The van der Waals surface area contributed by atoms with Gasteiger partial charge in [0.15, 0.2) is 12.2 Å². The monoisotopic (exact) mass is 208 g/mol. The summed E-state index contributed by atoms with van der Waals surface area (Å²) in [7, 11) is 0. The van der Waals surface area contributed by atoms with Crippen LogP contribution in [0.25, 0.3) is 0 Å². The number of rotatable bonds is 0. The average molecular weight is 210 g/mol. The van der Waals surface area contributed by atoms with Crippen molar-refractivity contribution in [3.63, 3.8) is 0 Å². The van der Waals surface area contributed by atoms with Crippen LogP contribution in [0.4, 0.5) is 0 Å². The van der Waals surface area contributed by atoms with Crippen LogP contribution in [-0.2, 0) is 38.5 Å². The van der Waals surface area contributed by atoms with Crippen molar-refractivity contribution in [3.05, 3.63) is 0 Å². The largest absolute Gasteiger partial charge is 0.448 e. The van der Waals surface area contributed by atoms with Gasteiger partial charge in [-0.05, 0) is 13.8 Å². The topological polar surface area (TPSA) is 52.6 Å². The zero-order valence-corrected chi connectivity index (χ0v) is 9.46. The van der Waals surface area contributed by atoms with E-state index in [4.69, 9.17) is 0 Å². The SMILES string of the molecule is CC1OC(=O)C(C)OC1=O.[Zn]. The molecule has 1 saturated heterocycles. The van der Waals surface area contributed by atoms with Crippen molar-refractivity contribution in [2.75, 3.05) is 0 Å². The number of cyclic esters (lactones) is 2. The molecule has 58 valence electrons. The summed E-state index contributed by atoms with van der Waals surface area (Å²) in [5.41, 5.74) is 0. The maximum absolute atomic E-state index is 10.7. The fraction of sp³-hybridized carbons (Fsp3) is 0.667. The van der Waals surface area contributed by atoms with Crippen LogP contribution >= 0.6 is 0 Å². The smallest absolute Gasteiger partial charge is 0.347 e. The summed E-state index contributed by atoms with van der Waals surface area (Å²) in [6.07, 6.45) is -1.49. The molecule has 0 aliphatic carbocycles. The Morgan fingerprint density at radius 3 is 1.55 bits per heavy atom. The van der Waals surface area contributed by atoms with Crippen LogP contribution in [0.1, 0.15) is 13.8 Å². The Morgan fingerprint density at radius 1 is 1.00 bits per heavy atom. The van der Waals surface area contributed by atoms with Gasteiger partial charge in [0.25, 0.3) is 0 Å². The van der Waals surface area contributed by atoms with Gasteiger partial charge < -0.3 is 9.47 Å². The van der Waals surface area contributed by atoms with Gasteiger partial charge in [-0.3, -0.25) is 0 Å². The minimum atomic E-state index is -0.747. The molecule has 0 spiro atoms. The van der Waals surface area contributed by atoms with E-state index in [0.717, 1.165) is 0 Å². The van der Waals surface area contributed by atoms with E-state index in [1.54, 1.807) is 0 Å². The van der Waals surface area contributed by atoms with Crippen molar-refractivity contribution in [3.8, 4) is 0 Å². The Balaban J connectivity index is 0.000001000. The van der Waals surface area contributed by atoms with E-state index in [9.17, 15) is 9.59 Å². The summed E-state index contributed by atoms with van der Waals surface area (Å²) < 4.78 is 9.19. The van der Waals surface area contributed by atoms with Crippen LogP contribution in [-0.4, -0.2) is 24.1 Å². The molecule has 1 aliphatic rings. The summed E-state index contributed by atoms with van der Waals surface area (Å²) in [5.74, 6) is -0.959. The number of hydrogen-bond acceptors (Lipinski definition) is 4. The molecular weight excluding hydrogens is 201 g/mol. The number of hydrogen-bond donors (Lipinski definition) is 0. The Hall–Kier alpha value is -0.437. The van der Waals surface area contributed by atoms with Gasteiger partial charge in [-0.15, -0.1) is 0 Å². The average Bonchev–Trinajstić information content (AvgIpc) is 1.84. The maximum atomic E-state index is 10.7. The minimum Gasteiger partial charge on any atom is -0.448 e. The van der Waals surface area contributed by atoms with Gasteiger partial charge in [0, 0.05) is 19.5 Å². The van der Waals surface area contributed by atoms with E-state index in [1.165, 1.54) is 13.8 Å². The van der Waals surface area contributed by atoms with Gasteiger partial charge in [0.05, 0.1) is 0 Å². The van der Waals surface area contributed by atoms with Crippen molar-refractivity contribution in [2.45, 2.75) is 26.1 Å². The molecule has 0 radical (unpaired) electrons. The Kier molecular flexibility index (Phi) is 3.66. The zero-order valence-electron chi connectivity index (χ0n) is 6.49. The van der Waals surface area contributed by atoms with E-state index in [0.29, 0.717) is 0 Å². The fourth-order valence-electron chi connectivity index (χ4n) is 0.636. The Labute approximate surface area is 77.0 Å². The molecule has 0 N–H and O–H groups in total. The van der Waals surface area contributed by atoms with Crippen molar-refractivity contribution in [1.82, 2.24) is 0 Å². The van der Waals surface area contributed by atoms with E-state index >= 15 is 0 Å². The van der Waals surface area contributed by atoms with Crippen molar-refractivity contribution < 1.29 is 38.5 Å². The molecule has 2 unspecified atom stereocenters. The molecule has 0 aromatic rings. The van der Waals surface area contributed by atoms with Crippen LogP contribution in [0.3, 0.4) is 0 Å². The Bertz CT molecular complexity index is 159. The number of esters is 2. The van der Waals surface area contributed by atoms with Gasteiger partial charge in [0.1, 0.15) is 0 Å². The summed E-state index contributed by atoms with van der Waals surface area (Å²) in [6.45, 7) is 2.96. The van der Waals surface area contributed by atoms with Crippen molar-refractivity contribution >= 4 is 11.9 Å². The predicted molar refractivity (Wildman–Crippen MR) is 31.1 cm³/mol. The number of carbonyl (C=O) groups is 2. The molecule has 1 fully saturated rings. The molecule has 2 atom stereocenters. The van der Waals surface area contributed by atoms with E-state index in [2.05, 4.69) is 9.47 Å². The summed E-state index contributed by atoms with van der Waals surface area (Å²) in [5, 5.41) is 0. The Morgan fingerprint density at radius 2 is 1.27 bits per heavy atom. The van der Waals surface area contributed by atoms with Crippen LogP contribution in [0.2, 0.25) is 0 Å². The molecule has 1 rings (SSSR count). The molecule has 0 aromatic heterocycles. The molecule has 1 aliphatic heterocycles. The molecule has 0 aromatic carbocycles. The minimum absolute atomic E-state index is 0. The zero-order chi connectivity index (χ0) is 7.72. The van der Waals surface area contributed by atoms with Gasteiger partial charge in [0.2, 0.25) is 0 Å². The summed E-state index contributed by atoms with van der Waals surface area (Å²) >= 11 is 0. The first-order valence-corrected chi connectivity index (χ1v) is 3.02. The van der Waals surface area contributed by atoms with E-state index in [-0.39, 0.29) is 19.5 Å². The van der Waals surface area contributed by atoms with E-state index < -0.39 is 24.1 Å². The molecular formula is C6H8O4Zn. The molecule has 0 bridgehead atoms. The molecule has 1 heterocycles. The molecule has 0 amide bonds. The second kappa shape index (κ2) is 3.81. The second-order valence-corrected chi connectivity index (χ2v) is 2.16. The van der Waals surface area contributed by atoms with Gasteiger partial charge in [-0.25, -0.2) is 9.59 Å². The van der Waals surface area contributed by atoms with Gasteiger partial charge >= 0.3 is 11.9 Å². The van der Waals surface area contributed by atoms with E-state index in [1.807, 2.05) is 0 Å². The van der Waals surface area contributed by atoms with Crippen molar-refractivity contribution in [2.24, 2.45) is 0 Å². The quantitative estimate of drug-likeness (QED) is 0.412. The number of ether oxygens (including phenoxy) is 2. The second-order valence-electron chi connectivity index (χ2n) is 2.16. The molecule has 11 heavy (non-hydrogen) atoms. The molecule has 5 heteroatoms. The number of carbonyl (C=O) groups excluding carboxylic acids is 2. The van der Waals surface area contributed by atoms with Crippen LogP contribution in [0, 0.1) is 0 Å². The van der Waals surface area contributed by atoms with Gasteiger partial charge in [-0.1, -0.05) is 0 Å². The van der Waals surface area contributed by atoms with Crippen LogP contribution < -0.4 is 0 Å². The standard InChI is InChI=1S/C6H8O4.Zn/c1-3-5(7)10-4(2)6(8)9-3;/h3-4H,1-2H3;. The summed E-state index contributed by atoms with van der Waals surface area (Å²) in [4.78, 5) is 21.3. The predicted octanol–water partition coefficient (Wildman–Crippen LogP) is -0.139. The maximum Gasteiger partial charge on any atom is 0.347 e. The third kappa shape index (κ3) is 2.26. The first kappa shape index (κ1) is 10.6. The summed E-state index contributed by atoms with van der Waals surface area (Å²) in [6, 6.07) is 0. The van der Waals surface area contributed by atoms with Crippen LogP contribution in [0.5, 0.6) is 0 Å². The third-order valence-corrected chi connectivity index (χ3v) is 1.25. The van der Waals surface area contributed by atoms with Crippen molar-refractivity contribution in [1.29, 1.82) is 0 Å². The molecule has 0 saturated carbocycles. The van der Waals surface area contributed by atoms with Crippen LogP contribution in [0.15, 0.2) is 0 Å². The third-order valence-electron chi connectivity index (χ3n) is 1.25. The first-order valence-electron chi connectivity index (χ1n) is 3.02. The molecule has 4 nitrogen and oxygen atoms in total. The first-order chi connectivity index (χ1) is 4.61. The normalized spacial score (nSPS) is 30.0.